The maximum atomic E-state index is 9.06. The number of rotatable bonds is 6. The summed E-state index contributed by atoms with van der Waals surface area (Å²) in [7, 11) is 18.1. The summed E-state index contributed by atoms with van der Waals surface area (Å²) < 4.78 is 2.56. The van der Waals surface area contributed by atoms with Crippen LogP contribution in [0.15, 0.2) is 167 Å². The zero-order valence-electron chi connectivity index (χ0n) is 32.7. The van der Waals surface area contributed by atoms with Crippen molar-refractivity contribution in [3.8, 4) is 33.4 Å². The van der Waals surface area contributed by atoms with Crippen LogP contribution in [0.3, 0.4) is 0 Å². The van der Waals surface area contributed by atoms with E-state index in [9.17, 15) is 0 Å². The second kappa shape index (κ2) is 14.7. The summed E-state index contributed by atoms with van der Waals surface area (Å²) >= 11 is 1.96. The molecule has 0 aromatic heterocycles. The van der Waals surface area contributed by atoms with Crippen molar-refractivity contribution in [2.24, 2.45) is 0 Å². The molecule has 0 unspecified atom stereocenters. The molecule has 0 atom stereocenters. The average Bonchev–Trinajstić information content (AvgIpc) is 3.82. The van der Waals surface area contributed by atoms with Gasteiger partial charge in [-0.05, 0) is 0 Å². The Labute approximate surface area is 357 Å². The fraction of sp³-hybridized carbons (Fsp3) is 0.196. The van der Waals surface area contributed by atoms with E-state index in [0.717, 1.165) is 23.3 Å². The third-order valence-corrected chi connectivity index (χ3v) is 32.3. The molecule has 0 heterocycles. The van der Waals surface area contributed by atoms with E-state index in [0.29, 0.717) is 0 Å². The molecule has 2 aliphatic carbocycles. The minimum absolute atomic E-state index is 0.129. The first-order valence-corrected chi connectivity index (χ1v) is 31.3. The van der Waals surface area contributed by atoms with Gasteiger partial charge in [0.1, 0.15) is 0 Å². The summed E-state index contributed by atoms with van der Waals surface area (Å²) in [5, 5.41) is 0. The third-order valence-electron chi connectivity index (χ3n) is 11.7. The van der Waals surface area contributed by atoms with E-state index in [2.05, 4.69) is 231 Å². The molecule has 0 N–H and O–H groups in total. The van der Waals surface area contributed by atoms with Gasteiger partial charge in [0.25, 0.3) is 0 Å². The first-order chi connectivity index (χ1) is 26.5. The number of halogens is 4. The number of benzene rings is 6. The number of hydrogen-bond donors (Lipinski definition) is 0. The summed E-state index contributed by atoms with van der Waals surface area (Å²) in [5.41, 5.74) is 14.2. The van der Waals surface area contributed by atoms with Crippen molar-refractivity contribution >= 4 is 52.1 Å². The van der Waals surface area contributed by atoms with Crippen LogP contribution in [-0.4, -0.2) is 3.21 Å². The summed E-state index contributed by atoms with van der Waals surface area (Å²) in [5.74, 6) is 0. The van der Waals surface area contributed by atoms with Gasteiger partial charge in [-0.1, -0.05) is 0 Å². The van der Waals surface area contributed by atoms with E-state index in [1.165, 1.54) is 55.6 Å². The molecule has 0 aliphatic heterocycles. The Kier molecular flexibility index (Phi) is 10.5. The SMILES string of the molecule is CC(C)(C)c1cc2c(cc1-c1ccccc1)[CH]([Zr]([Cl])([Cl])(=[C](c1cccc(Br)c1)c1cccc(Br)c1)[CH]1C=CC=C1)c1cc(-c3ccccc3)c(C(C)(C)C)cc1-2. The van der Waals surface area contributed by atoms with Gasteiger partial charge in [-0.15, -0.1) is 0 Å². The molecule has 0 bridgehead atoms. The van der Waals surface area contributed by atoms with E-state index in [1.807, 2.05) is 0 Å². The Morgan fingerprint density at radius 3 is 1.29 bits per heavy atom. The zero-order chi connectivity index (χ0) is 39.6. The van der Waals surface area contributed by atoms with Crippen LogP contribution in [0.5, 0.6) is 0 Å². The van der Waals surface area contributed by atoms with E-state index in [1.54, 1.807) is 0 Å². The van der Waals surface area contributed by atoms with E-state index < -0.39 is 15.9 Å². The molecule has 0 amide bonds. The van der Waals surface area contributed by atoms with Gasteiger partial charge in [0, 0.05) is 0 Å². The Bertz CT molecular complexity index is 2470. The average molecular weight is 981 g/mol. The van der Waals surface area contributed by atoms with Gasteiger partial charge in [-0.25, -0.2) is 0 Å². The van der Waals surface area contributed by atoms with E-state index in [-0.39, 0.29) is 18.1 Å². The molecule has 8 rings (SSSR count). The Hall–Kier alpha value is -2.91. The van der Waals surface area contributed by atoms with Gasteiger partial charge in [-0.2, -0.15) is 0 Å². The van der Waals surface area contributed by atoms with E-state index in [4.69, 9.17) is 17.0 Å². The molecule has 2 aliphatic rings. The van der Waals surface area contributed by atoms with Crippen LogP contribution >= 0.6 is 48.9 Å². The number of allylic oxidation sites excluding steroid dienone is 4. The number of fused-ring (bicyclic) bond motifs is 3. The standard InChI is InChI=1S/C33H33.C13H8Br2.C5H5.2ClH.Zr/c1-32(2,3)30-20-26-24(18-28(30)22-13-9-7-10-14-22)17-25-19-29(23-15-11-8-12-16-23)31(21-27(25)26)33(4,5)6;14-12-5-1-3-10(8-12)7-11-4-2-6-13(15)9-11;1-2-4-5-3-1;;;/h7-21H,1-6H3;1-6,8-9H;1-5H;2*1H;/q;;;;;+2/p-2. The summed E-state index contributed by atoms with van der Waals surface area (Å²) in [4.78, 5) is 0. The first kappa shape index (κ1) is 39.9. The normalized spacial score (nSPS) is 14.6. The second-order valence-electron chi connectivity index (χ2n) is 17.5. The molecule has 5 heteroatoms. The molecule has 282 valence electrons. The maximum absolute atomic E-state index is 9.06. The molecular weight excluding hydrogens is 934 g/mol. The van der Waals surface area contributed by atoms with Crippen LogP contribution < -0.4 is 0 Å². The van der Waals surface area contributed by atoms with Crippen molar-refractivity contribution in [3.05, 3.63) is 200 Å². The van der Waals surface area contributed by atoms with Gasteiger partial charge in [0.15, 0.2) is 0 Å². The second-order valence-corrected chi connectivity index (χ2v) is 40.0. The Balaban J connectivity index is 1.62. The summed E-state index contributed by atoms with van der Waals surface area (Å²) in [6.45, 7) is 13.9. The van der Waals surface area contributed by atoms with Crippen LogP contribution in [0.25, 0.3) is 33.4 Å². The number of hydrogen-bond acceptors (Lipinski definition) is 0. The Morgan fingerprint density at radius 2 is 0.911 bits per heavy atom. The van der Waals surface area contributed by atoms with Gasteiger partial charge >= 0.3 is 361 Å². The Morgan fingerprint density at radius 1 is 0.500 bits per heavy atom. The van der Waals surface area contributed by atoms with Gasteiger partial charge in [-0.3, -0.25) is 0 Å². The predicted molar refractivity (Wildman–Crippen MR) is 247 cm³/mol. The molecule has 0 radical (unpaired) electrons. The molecule has 0 saturated heterocycles. The molecule has 0 nitrogen and oxygen atoms in total. The third kappa shape index (κ3) is 6.92. The van der Waals surface area contributed by atoms with Crippen LogP contribution in [0.4, 0.5) is 0 Å². The summed E-state index contributed by atoms with van der Waals surface area (Å²) in [6, 6.07) is 48.7. The molecule has 0 spiro atoms. The van der Waals surface area contributed by atoms with Crippen molar-refractivity contribution in [2.45, 2.75) is 59.6 Å². The van der Waals surface area contributed by atoms with Crippen LogP contribution in [-0.2, 0) is 26.7 Å². The topological polar surface area (TPSA) is 0 Å². The first-order valence-electron chi connectivity index (χ1n) is 19.4. The van der Waals surface area contributed by atoms with Crippen molar-refractivity contribution < 1.29 is 15.9 Å². The van der Waals surface area contributed by atoms with Crippen molar-refractivity contribution in [2.75, 3.05) is 0 Å². The fourth-order valence-corrected chi connectivity index (χ4v) is 29.3. The molecule has 0 saturated carbocycles. The van der Waals surface area contributed by atoms with Crippen molar-refractivity contribution in [1.29, 1.82) is 0 Å². The van der Waals surface area contributed by atoms with Gasteiger partial charge < -0.3 is 0 Å². The molecule has 6 aromatic carbocycles. The van der Waals surface area contributed by atoms with Crippen molar-refractivity contribution in [3.63, 3.8) is 0 Å². The van der Waals surface area contributed by atoms with Crippen molar-refractivity contribution in [1.82, 2.24) is 0 Å². The zero-order valence-corrected chi connectivity index (χ0v) is 39.8. The quantitative estimate of drug-likeness (QED) is 0.156. The molecule has 56 heavy (non-hydrogen) atoms. The van der Waals surface area contributed by atoms with E-state index >= 15 is 0 Å². The van der Waals surface area contributed by atoms with Crippen LogP contribution in [0.1, 0.15) is 78.5 Å². The fourth-order valence-electron chi connectivity index (χ4n) is 9.16. The molecular formula is C51H46Br2Cl2Zr. The predicted octanol–water partition coefficient (Wildman–Crippen LogP) is 16.4. The van der Waals surface area contributed by atoms with Gasteiger partial charge in [0.2, 0.25) is 0 Å². The van der Waals surface area contributed by atoms with Crippen LogP contribution in [0, 0.1) is 0 Å². The molecule has 0 fully saturated rings. The van der Waals surface area contributed by atoms with Gasteiger partial charge in [0.05, 0.1) is 0 Å². The monoisotopic (exact) mass is 976 g/mol. The van der Waals surface area contributed by atoms with Crippen LogP contribution in [0.2, 0.25) is 3.63 Å². The summed E-state index contributed by atoms with van der Waals surface area (Å²) in [6.07, 6.45) is 8.80. The molecule has 6 aromatic rings. The minimum atomic E-state index is -5.71.